The lowest BCUT2D eigenvalue weighted by atomic mass is 10.2. The highest BCUT2D eigenvalue weighted by atomic mass is 35.5. The van der Waals surface area contributed by atoms with E-state index in [9.17, 15) is 9.59 Å². The molecule has 2 rings (SSSR count). The molecule has 6 heteroatoms. The first kappa shape index (κ1) is 11.2. The largest absolute Gasteiger partial charge is 0.457 e. The number of carbonyl (C=O) groups excluding carboxylic acids is 2. The summed E-state index contributed by atoms with van der Waals surface area (Å²) in [5, 5.41) is 0.823. The Morgan fingerprint density at radius 2 is 1.75 bits per heavy atom. The van der Waals surface area contributed by atoms with E-state index in [4.69, 9.17) is 23.2 Å². The second kappa shape index (κ2) is 4.31. The fourth-order valence-corrected chi connectivity index (χ4v) is 1.96. The first-order valence-electron chi connectivity index (χ1n) is 4.52. The summed E-state index contributed by atoms with van der Waals surface area (Å²) < 4.78 is 4.61. The Morgan fingerprint density at radius 3 is 2.38 bits per heavy atom. The number of ether oxygens (including phenoxy) is 1. The van der Waals surface area contributed by atoms with Gasteiger partial charge < -0.3 is 4.74 Å². The minimum atomic E-state index is -0.859. The number of benzene rings is 1. The third-order valence-electron chi connectivity index (χ3n) is 2.13. The van der Waals surface area contributed by atoms with E-state index >= 15 is 0 Å². The Labute approximate surface area is 102 Å². The summed E-state index contributed by atoms with van der Waals surface area (Å²) >= 11 is 11.6. The standard InChI is InChI=1S/C10H7Cl2NO3/c11-6-3-7(12)5-8(4-6)13-1-2-16-10(15)9(13)14/h3-5H,1-2H2. The molecule has 1 saturated heterocycles. The van der Waals surface area contributed by atoms with Crippen molar-refractivity contribution in [2.75, 3.05) is 18.1 Å². The normalized spacial score (nSPS) is 16.2. The number of nitrogens with zero attached hydrogens (tertiary/aromatic N) is 1. The molecule has 0 atom stereocenters. The zero-order chi connectivity index (χ0) is 11.7. The van der Waals surface area contributed by atoms with Crippen molar-refractivity contribution in [1.82, 2.24) is 0 Å². The lowest BCUT2D eigenvalue weighted by Gasteiger charge is -2.25. The fourth-order valence-electron chi connectivity index (χ4n) is 1.44. The van der Waals surface area contributed by atoms with Crippen LogP contribution in [0.2, 0.25) is 10.0 Å². The van der Waals surface area contributed by atoms with Crippen LogP contribution in [-0.2, 0) is 14.3 Å². The van der Waals surface area contributed by atoms with Gasteiger partial charge in [0.05, 0.1) is 6.54 Å². The van der Waals surface area contributed by atoms with E-state index in [0.29, 0.717) is 22.3 Å². The van der Waals surface area contributed by atoms with Gasteiger partial charge in [-0.05, 0) is 18.2 Å². The zero-order valence-corrected chi connectivity index (χ0v) is 9.59. The zero-order valence-electron chi connectivity index (χ0n) is 8.07. The van der Waals surface area contributed by atoms with E-state index in [1.807, 2.05) is 0 Å². The van der Waals surface area contributed by atoms with Crippen LogP contribution in [0.5, 0.6) is 0 Å². The predicted molar refractivity (Wildman–Crippen MR) is 59.8 cm³/mol. The summed E-state index contributed by atoms with van der Waals surface area (Å²) in [4.78, 5) is 23.9. The van der Waals surface area contributed by atoms with Crippen molar-refractivity contribution < 1.29 is 14.3 Å². The first-order chi connectivity index (χ1) is 7.58. The SMILES string of the molecule is O=C1OCCN(c2cc(Cl)cc(Cl)c2)C1=O. The number of morpholine rings is 1. The van der Waals surface area contributed by atoms with Crippen LogP contribution < -0.4 is 4.90 Å². The molecule has 0 aliphatic carbocycles. The van der Waals surface area contributed by atoms with Gasteiger partial charge in [0.2, 0.25) is 0 Å². The molecule has 4 nitrogen and oxygen atoms in total. The smallest absolute Gasteiger partial charge is 0.397 e. The summed E-state index contributed by atoms with van der Waals surface area (Å²) in [5.74, 6) is -1.56. The molecule has 1 aliphatic rings. The van der Waals surface area contributed by atoms with E-state index in [1.165, 1.54) is 4.90 Å². The van der Waals surface area contributed by atoms with Gasteiger partial charge in [0.15, 0.2) is 0 Å². The molecule has 16 heavy (non-hydrogen) atoms. The quantitative estimate of drug-likeness (QED) is 0.572. The van der Waals surface area contributed by atoms with E-state index in [0.717, 1.165) is 0 Å². The molecule has 0 aromatic heterocycles. The van der Waals surface area contributed by atoms with Gasteiger partial charge in [0.1, 0.15) is 6.61 Å². The maximum absolute atomic E-state index is 11.5. The van der Waals surface area contributed by atoms with Gasteiger partial charge in [-0.1, -0.05) is 23.2 Å². The molecule has 0 N–H and O–H groups in total. The second-order valence-corrected chi connectivity index (χ2v) is 4.09. The Kier molecular flexibility index (Phi) is 3.03. The van der Waals surface area contributed by atoms with Crippen LogP contribution in [0.4, 0.5) is 5.69 Å². The van der Waals surface area contributed by atoms with Gasteiger partial charge in [0.25, 0.3) is 0 Å². The Morgan fingerprint density at radius 1 is 1.12 bits per heavy atom. The second-order valence-electron chi connectivity index (χ2n) is 3.22. The highest BCUT2D eigenvalue weighted by Crippen LogP contribution is 2.26. The van der Waals surface area contributed by atoms with Crippen LogP contribution in [0.1, 0.15) is 0 Å². The number of anilines is 1. The number of amides is 1. The van der Waals surface area contributed by atoms with E-state index < -0.39 is 11.9 Å². The van der Waals surface area contributed by atoms with Crippen LogP contribution in [0.15, 0.2) is 18.2 Å². The van der Waals surface area contributed by atoms with Gasteiger partial charge in [-0.3, -0.25) is 9.69 Å². The third-order valence-corrected chi connectivity index (χ3v) is 2.56. The highest BCUT2D eigenvalue weighted by Gasteiger charge is 2.29. The number of hydrogen-bond donors (Lipinski definition) is 0. The third kappa shape index (κ3) is 2.13. The van der Waals surface area contributed by atoms with Crippen LogP contribution >= 0.6 is 23.2 Å². The van der Waals surface area contributed by atoms with Gasteiger partial charge in [0, 0.05) is 15.7 Å². The molecule has 1 amide bonds. The average molecular weight is 260 g/mol. The summed E-state index contributed by atoms with van der Waals surface area (Å²) in [7, 11) is 0. The topological polar surface area (TPSA) is 46.6 Å². The highest BCUT2D eigenvalue weighted by molar-refractivity contribution is 6.39. The average Bonchev–Trinajstić information content (AvgIpc) is 2.20. The van der Waals surface area contributed by atoms with Crippen molar-refractivity contribution in [2.45, 2.75) is 0 Å². The van der Waals surface area contributed by atoms with Crippen molar-refractivity contribution in [3.8, 4) is 0 Å². The number of esters is 1. The van der Waals surface area contributed by atoms with E-state index in [1.54, 1.807) is 18.2 Å². The minimum absolute atomic E-state index is 0.175. The molecule has 1 heterocycles. The van der Waals surface area contributed by atoms with Gasteiger partial charge >= 0.3 is 11.9 Å². The minimum Gasteiger partial charge on any atom is -0.457 e. The van der Waals surface area contributed by atoms with Crippen LogP contribution in [0, 0.1) is 0 Å². The van der Waals surface area contributed by atoms with E-state index in [-0.39, 0.29) is 6.61 Å². The van der Waals surface area contributed by atoms with Crippen LogP contribution in [0.25, 0.3) is 0 Å². The number of rotatable bonds is 1. The van der Waals surface area contributed by atoms with Crippen molar-refractivity contribution in [3.63, 3.8) is 0 Å². The van der Waals surface area contributed by atoms with Crippen LogP contribution in [-0.4, -0.2) is 25.0 Å². The molecule has 1 aromatic carbocycles. The molecule has 0 unspecified atom stereocenters. The van der Waals surface area contributed by atoms with Crippen molar-refractivity contribution in [2.24, 2.45) is 0 Å². The first-order valence-corrected chi connectivity index (χ1v) is 5.28. The van der Waals surface area contributed by atoms with Gasteiger partial charge in [-0.15, -0.1) is 0 Å². The summed E-state index contributed by atoms with van der Waals surface area (Å²) in [6, 6.07) is 4.70. The van der Waals surface area contributed by atoms with Crippen LogP contribution in [0.3, 0.4) is 0 Å². The lowest BCUT2D eigenvalue weighted by molar-refractivity contribution is -0.156. The Hall–Kier alpha value is -1.26. The van der Waals surface area contributed by atoms with Crippen molar-refractivity contribution >= 4 is 40.8 Å². The monoisotopic (exact) mass is 259 g/mol. The lowest BCUT2D eigenvalue weighted by Crippen LogP contribution is -2.45. The molecule has 1 aromatic rings. The van der Waals surface area contributed by atoms with E-state index in [2.05, 4.69) is 4.74 Å². The van der Waals surface area contributed by atoms with Crippen molar-refractivity contribution in [3.05, 3.63) is 28.2 Å². The summed E-state index contributed by atoms with van der Waals surface area (Å²) in [5.41, 5.74) is 0.499. The maximum atomic E-state index is 11.5. The fraction of sp³-hybridized carbons (Fsp3) is 0.200. The molecular formula is C10H7Cl2NO3. The molecule has 0 radical (unpaired) electrons. The maximum Gasteiger partial charge on any atom is 0.397 e. The Balaban J connectivity index is 2.35. The molecule has 0 spiro atoms. The molecular weight excluding hydrogens is 253 g/mol. The Bertz CT molecular complexity index is 441. The van der Waals surface area contributed by atoms with Gasteiger partial charge in [-0.25, -0.2) is 4.79 Å². The predicted octanol–water partition coefficient (Wildman–Crippen LogP) is 1.88. The van der Waals surface area contributed by atoms with Gasteiger partial charge in [-0.2, -0.15) is 0 Å². The number of halogens is 2. The summed E-state index contributed by atoms with van der Waals surface area (Å²) in [6.45, 7) is 0.482. The molecule has 0 saturated carbocycles. The summed E-state index contributed by atoms with van der Waals surface area (Å²) in [6.07, 6.45) is 0. The molecule has 0 bridgehead atoms. The molecule has 1 fully saturated rings. The number of hydrogen-bond acceptors (Lipinski definition) is 3. The number of carbonyl (C=O) groups is 2. The molecule has 84 valence electrons. The van der Waals surface area contributed by atoms with Crippen molar-refractivity contribution in [1.29, 1.82) is 0 Å². The number of cyclic esters (lactones) is 1. The molecule has 1 aliphatic heterocycles.